The van der Waals surface area contributed by atoms with Gasteiger partial charge in [-0.25, -0.2) is 19.6 Å². The Balaban J connectivity index is 0.000000343. The third-order valence-electron chi connectivity index (χ3n) is 4.27. The number of furan rings is 1. The van der Waals surface area contributed by atoms with E-state index in [9.17, 15) is 26.3 Å². The Hall–Kier alpha value is -3.36. The number of aryl methyl sites for hydroxylation is 1. The van der Waals surface area contributed by atoms with Crippen LogP contribution in [0, 0.1) is 6.92 Å². The monoisotopic (exact) mass is 500 g/mol. The summed E-state index contributed by atoms with van der Waals surface area (Å²) < 4.78 is 68.8. The van der Waals surface area contributed by atoms with Gasteiger partial charge in [-0.05, 0) is 25.5 Å². The summed E-state index contributed by atoms with van der Waals surface area (Å²) >= 11 is 0. The molecule has 9 nitrogen and oxygen atoms in total. The van der Waals surface area contributed by atoms with Crippen LogP contribution >= 0.6 is 0 Å². The van der Waals surface area contributed by atoms with Crippen molar-refractivity contribution >= 4 is 17.9 Å². The van der Waals surface area contributed by atoms with E-state index in [1.54, 1.807) is 18.7 Å². The number of hydrogen-bond donors (Lipinski definition) is 2. The maximum atomic E-state index is 10.6. The van der Waals surface area contributed by atoms with E-state index >= 15 is 0 Å². The van der Waals surface area contributed by atoms with Crippen molar-refractivity contribution in [3.05, 3.63) is 42.1 Å². The summed E-state index contributed by atoms with van der Waals surface area (Å²) in [6.07, 6.45) is -3.65. The maximum Gasteiger partial charge on any atom is 0.490 e. The molecule has 190 valence electrons. The van der Waals surface area contributed by atoms with Gasteiger partial charge in [0.25, 0.3) is 0 Å². The normalized spacial score (nSPS) is 14.7. The average Bonchev–Trinajstić information content (AvgIpc) is 3.00. The van der Waals surface area contributed by atoms with Gasteiger partial charge in [-0.3, -0.25) is 4.90 Å². The van der Waals surface area contributed by atoms with Gasteiger partial charge in [0.05, 0.1) is 6.26 Å². The third kappa shape index (κ3) is 10.5. The first-order valence-corrected chi connectivity index (χ1v) is 9.59. The van der Waals surface area contributed by atoms with Crippen LogP contribution in [0.1, 0.15) is 17.7 Å². The Morgan fingerprint density at radius 2 is 1.50 bits per heavy atom. The lowest BCUT2D eigenvalue weighted by Crippen LogP contribution is -2.31. The first-order chi connectivity index (χ1) is 15.7. The zero-order valence-corrected chi connectivity index (χ0v) is 17.8. The fourth-order valence-corrected chi connectivity index (χ4v) is 2.60. The van der Waals surface area contributed by atoms with Crippen molar-refractivity contribution in [3.8, 4) is 0 Å². The SMILES string of the molecule is Cc1occc1CN1CCCN(c2ncccn2)CC1.O=C(O)C(F)(F)F.O=C(O)C(F)(F)F. The van der Waals surface area contributed by atoms with E-state index in [0.29, 0.717) is 0 Å². The molecule has 0 aromatic carbocycles. The van der Waals surface area contributed by atoms with Crippen LogP contribution in [-0.4, -0.2) is 75.6 Å². The summed E-state index contributed by atoms with van der Waals surface area (Å²) in [6, 6.07) is 3.92. The molecule has 0 atom stereocenters. The molecule has 2 aromatic heterocycles. The molecule has 0 amide bonds. The predicted octanol–water partition coefficient (Wildman–Crippen LogP) is 3.36. The molecular weight excluding hydrogens is 478 g/mol. The Labute approximate surface area is 189 Å². The molecule has 34 heavy (non-hydrogen) atoms. The molecule has 0 spiro atoms. The number of hydrogen-bond acceptors (Lipinski definition) is 7. The van der Waals surface area contributed by atoms with E-state index in [2.05, 4.69) is 25.8 Å². The highest BCUT2D eigenvalue weighted by atomic mass is 19.4. The second-order valence-electron chi connectivity index (χ2n) is 6.77. The van der Waals surface area contributed by atoms with Gasteiger partial charge >= 0.3 is 24.3 Å². The number of carbonyl (C=O) groups is 2. The Kier molecular flexibility index (Phi) is 10.8. The average molecular weight is 500 g/mol. The van der Waals surface area contributed by atoms with Crippen molar-refractivity contribution in [1.29, 1.82) is 0 Å². The van der Waals surface area contributed by atoms with Gasteiger partial charge in [-0.2, -0.15) is 26.3 Å². The van der Waals surface area contributed by atoms with Crippen LogP contribution in [-0.2, 0) is 16.1 Å². The highest BCUT2D eigenvalue weighted by Crippen LogP contribution is 2.16. The molecule has 0 radical (unpaired) electrons. The number of nitrogens with zero attached hydrogens (tertiary/aromatic N) is 4. The summed E-state index contributed by atoms with van der Waals surface area (Å²) in [7, 11) is 0. The number of alkyl halides is 6. The predicted molar refractivity (Wildman–Crippen MR) is 105 cm³/mol. The zero-order chi connectivity index (χ0) is 25.9. The Bertz CT molecular complexity index is 881. The van der Waals surface area contributed by atoms with Crippen molar-refractivity contribution < 1.29 is 50.6 Å². The topological polar surface area (TPSA) is 120 Å². The third-order valence-corrected chi connectivity index (χ3v) is 4.27. The van der Waals surface area contributed by atoms with Crippen LogP contribution in [0.4, 0.5) is 32.3 Å². The molecule has 1 aliphatic heterocycles. The van der Waals surface area contributed by atoms with Gasteiger partial charge in [0.1, 0.15) is 5.76 Å². The van der Waals surface area contributed by atoms with Gasteiger partial charge in [0, 0.05) is 50.7 Å². The highest BCUT2D eigenvalue weighted by Gasteiger charge is 2.38. The molecular formula is C19H22F6N4O5. The van der Waals surface area contributed by atoms with Crippen molar-refractivity contribution in [3.63, 3.8) is 0 Å². The van der Waals surface area contributed by atoms with Crippen molar-refractivity contribution in [2.75, 3.05) is 31.1 Å². The molecule has 15 heteroatoms. The second-order valence-corrected chi connectivity index (χ2v) is 6.77. The summed E-state index contributed by atoms with van der Waals surface area (Å²) in [5, 5.41) is 14.2. The second kappa shape index (κ2) is 12.8. The van der Waals surface area contributed by atoms with Crippen LogP contribution in [0.3, 0.4) is 0 Å². The van der Waals surface area contributed by atoms with Crippen molar-refractivity contribution in [2.45, 2.75) is 32.2 Å². The lowest BCUT2D eigenvalue weighted by atomic mass is 10.2. The molecule has 3 rings (SSSR count). The van der Waals surface area contributed by atoms with E-state index in [-0.39, 0.29) is 0 Å². The number of aliphatic carboxylic acids is 2. The molecule has 1 fully saturated rings. The van der Waals surface area contributed by atoms with Crippen LogP contribution in [0.2, 0.25) is 0 Å². The molecule has 2 aromatic rings. The molecule has 3 heterocycles. The van der Waals surface area contributed by atoms with Gasteiger partial charge in [0.2, 0.25) is 5.95 Å². The van der Waals surface area contributed by atoms with Gasteiger partial charge in [-0.15, -0.1) is 0 Å². The summed E-state index contributed by atoms with van der Waals surface area (Å²) in [5.41, 5.74) is 1.29. The first kappa shape index (κ1) is 28.7. The molecule has 0 aliphatic carbocycles. The lowest BCUT2D eigenvalue weighted by Gasteiger charge is -2.21. The summed E-state index contributed by atoms with van der Waals surface area (Å²) in [4.78, 5) is 31.2. The van der Waals surface area contributed by atoms with Crippen molar-refractivity contribution in [1.82, 2.24) is 14.9 Å². The smallest absolute Gasteiger partial charge is 0.475 e. The maximum absolute atomic E-state index is 10.6. The number of halogens is 6. The molecule has 1 aliphatic rings. The highest BCUT2D eigenvalue weighted by molar-refractivity contribution is 5.73. The standard InChI is InChI=1S/C15H20N4O.2C2HF3O2/c1-13-14(4-11-20-13)12-18-7-3-8-19(10-9-18)15-16-5-2-6-17-15;2*3-2(4,5)1(6)7/h2,4-6,11H,3,7-10,12H2,1H3;2*(H,6,7). The zero-order valence-electron chi connectivity index (χ0n) is 17.8. The summed E-state index contributed by atoms with van der Waals surface area (Å²) in [6.45, 7) is 7.12. The Morgan fingerprint density at radius 3 is 1.94 bits per heavy atom. The van der Waals surface area contributed by atoms with Crippen LogP contribution in [0.15, 0.2) is 35.2 Å². The number of carboxylic acid groups (broad SMARTS) is 2. The van der Waals surface area contributed by atoms with Gasteiger partial charge in [0.15, 0.2) is 0 Å². The Morgan fingerprint density at radius 1 is 0.971 bits per heavy atom. The van der Waals surface area contributed by atoms with E-state index in [1.165, 1.54) is 5.56 Å². The minimum Gasteiger partial charge on any atom is -0.475 e. The minimum absolute atomic E-state index is 0.842. The number of rotatable bonds is 3. The van der Waals surface area contributed by atoms with Crippen LogP contribution in [0.5, 0.6) is 0 Å². The molecule has 0 unspecified atom stereocenters. The van der Waals surface area contributed by atoms with Gasteiger partial charge < -0.3 is 19.5 Å². The summed E-state index contributed by atoms with van der Waals surface area (Å²) in [5.74, 6) is -3.65. The fraction of sp³-hybridized carbons (Fsp3) is 0.474. The molecule has 0 bridgehead atoms. The van der Waals surface area contributed by atoms with Crippen LogP contribution in [0.25, 0.3) is 0 Å². The number of aromatic nitrogens is 2. The first-order valence-electron chi connectivity index (χ1n) is 9.59. The quantitative estimate of drug-likeness (QED) is 0.612. The largest absolute Gasteiger partial charge is 0.490 e. The van der Waals surface area contributed by atoms with Gasteiger partial charge in [-0.1, -0.05) is 0 Å². The van der Waals surface area contributed by atoms with E-state index < -0.39 is 24.3 Å². The molecule has 0 saturated carbocycles. The van der Waals surface area contributed by atoms with Crippen molar-refractivity contribution in [2.24, 2.45) is 0 Å². The lowest BCUT2D eigenvalue weighted by molar-refractivity contribution is -0.193. The van der Waals surface area contributed by atoms with E-state index in [1.807, 2.05) is 13.0 Å². The number of anilines is 1. The minimum atomic E-state index is -5.08. The molecule has 2 N–H and O–H groups in total. The van der Waals surface area contributed by atoms with E-state index in [4.69, 9.17) is 24.2 Å². The molecule has 1 saturated heterocycles. The number of carboxylic acids is 2. The van der Waals surface area contributed by atoms with E-state index in [0.717, 1.165) is 50.9 Å². The van der Waals surface area contributed by atoms with Crippen LogP contribution < -0.4 is 4.90 Å². The fourth-order valence-electron chi connectivity index (χ4n) is 2.60.